The molecule has 2 aliphatic rings. The van der Waals surface area contributed by atoms with E-state index in [1.807, 2.05) is 4.68 Å². The van der Waals surface area contributed by atoms with Gasteiger partial charge in [-0.1, -0.05) is 6.92 Å². The number of aryl methyl sites for hydroxylation is 1. The van der Waals surface area contributed by atoms with E-state index in [9.17, 15) is 4.79 Å². The molecule has 1 saturated carbocycles. The van der Waals surface area contributed by atoms with E-state index in [1.54, 1.807) is 22.2 Å². The number of nitrogens with zero attached hydrogens (tertiary/aromatic N) is 6. The highest BCUT2D eigenvalue weighted by molar-refractivity contribution is 7.18. The zero-order valence-corrected chi connectivity index (χ0v) is 14.3. The molecule has 1 atom stereocenters. The fraction of sp³-hybridized carbons (Fsp3) is 0.562. The van der Waals surface area contributed by atoms with E-state index in [0.29, 0.717) is 18.5 Å². The Kier molecular flexibility index (Phi) is 3.09. The van der Waals surface area contributed by atoms with Gasteiger partial charge in [-0.15, -0.1) is 16.4 Å². The molecule has 0 spiro atoms. The Morgan fingerprint density at radius 3 is 3.04 bits per heavy atom. The Bertz CT molecular complexity index is 982. The number of thiophene rings is 1. The van der Waals surface area contributed by atoms with Gasteiger partial charge in [0.15, 0.2) is 5.82 Å². The van der Waals surface area contributed by atoms with Gasteiger partial charge in [-0.25, -0.2) is 9.67 Å². The molecule has 2 aliphatic carbocycles. The first kappa shape index (κ1) is 14.3. The third-order valence-electron chi connectivity index (χ3n) is 5.05. The van der Waals surface area contributed by atoms with Crippen LogP contribution in [-0.2, 0) is 19.4 Å². The zero-order chi connectivity index (χ0) is 16.3. The van der Waals surface area contributed by atoms with E-state index >= 15 is 0 Å². The van der Waals surface area contributed by atoms with Gasteiger partial charge in [-0.05, 0) is 54.0 Å². The first-order valence-corrected chi connectivity index (χ1v) is 9.29. The fourth-order valence-electron chi connectivity index (χ4n) is 3.55. The zero-order valence-electron chi connectivity index (χ0n) is 13.5. The average molecular weight is 342 g/mol. The second kappa shape index (κ2) is 5.20. The standard InChI is InChI=1S/C16H18N6OS/c1-9-2-5-11-12(6-9)24-15-14(11)16(23)21(8-17-15)7-13-18-19-20-22(13)10-3-4-10/h8-10H,2-7H2,1H3. The van der Waals surface area contributed by atoms with Gasteiger partial charge in [0.2, 0.25) is 0 Å². The van der Waals surface area contributed by atoms with Gasteiger partial charge in [0.25, 0.3) is 5.56 Å². The number of hydrogen-bond donors (Lipinski definition) is 0. The molecule has 0 radical (unpaired) electrons. The lowest BCUT2D eigenvalue weighted by atomic mass is 9.89. The first-order chi connectivity index (χ1) is 11.7. The van der Waals surface area contributed by atoms with Crippen LogP contribution in [0.5, 0.6) is 0 Å². The first-order valence-electron chi connectivity index (χ1n) is 8.47. The number of tetrazole rings is 1. The maximum Gasteiger partial charge on any atom is 0.262 e. The Morgan fingerprint density at radius 1 is 1.33 bits per heavy atom. The van der Waals surface area contributed by atoms with Crippen molar-refractivity contribution in [3.05, 3.63) is 32.9 Å². The molecule has 1 fully saturated rings. The molecule has 1 unspecified atom stereocenters. The van der Waals surface area contributed by atoms with Gasteiger partial charge in [0.05, 0.1) is 24.3 Å². The molecule has 3 heterocycles. The second-order valence-corrected chi connectivity index (χ2v) is 8.06. The Morgan fingerprint density at radius 2 is 2.21 bits per heavy atom. The van der Waals surface area contributed by atoms with E-state index in [2.05, 4.69) is 27.4 Å². The molecule has 0 N–H and O–H groups in total. The van der Waals surface area contributed by atoms with Crippen LogP contribution in [0.1, 0.15) is 48.5 Å². The van der Waals surface area contributed by atoms with Crippen molar-refractivity contribution >= 4 is 21.6 Å². The van der Waals surface area contributed by atoms with Crippen LogP contribution in [0.15, 0.2) is 11.1 Å². The Labute approximate surface area is 142 Å². The minimum Gasteiger partial charge on any atom is -0.291 e. The van der Waals surface area contributed by atoms with Crippen LogP contribution in [0.2, 0.25) is 0 Å². The highest BCUT2D eigenvalue weighted by Gasteiger charge is 2.28. The minimum atomic E-state index is 0.0393. The summed E-state index contributed by atoms with van der Waals surface area (Å²) < 4.78 is 3.50. The van der Waals surface area contributed by atoms with Crippen molar-refractivity contribution in [1.82, 2.24) is 29.8 Å². The van der Waals surface area contributed by atoms with Crippen LogP contribution in [0.25, 0.3) is 10.2 Å². The van der Waals surface area contributed by atoms with Gasteiger partial charge < -0.3 is 0 Å². The number of rotatable bonds is 3. The van der Waals surface area contributed by atoms with Crippen LogP contribution < -0.4 is 5.56 Å². The van der Waals surface area contributed by atoms with E-state index in [-0.39, 0.29) is 5.56 Å². The van der Waals surface area contributed by atoms with Crippen LogP contribution in [-0.4, -0.2) is 29.8 Å². The SMILES string of the molecule is CC1CCc2c(sc3ncn(Cc4nnnn4C4CC4)c(=O)c23)C1. The molecule has 8 heteroatoms. The Balaban J connectivity index is 1.58. The second-order valence-electron chi connectivity index (χ2n) is 6.98. The summed E-state index contributed by atoms with van der Waals surface area (Å²) in [6, 6.07) is 0.401. The van der Waals surface area contributed by atoms with Crippen molar-refractivity contribution in [3.63, 3.8) is 0 Å². The summed E-state index contributed by atoms with van der Waals surface area (Å²) in [4.78, 5) is 19.8. The summed E-state index contributed by atoms with van der Waals surface area (Å²) in [6.07, 6.45) is 7.06. The molecule has 5 rings (SSSR count). The molecule has 124 valence electrons. The maximum atomic E-state index is 13.0. The summed E-state index contributed by atoms with van der Waals surface area (Å²) >= 11 is 1.68. The van der Waals surface area contributed by atoms with Crippen molar-refractivity contribution in [2.24, 2.45) is 5.92 Å². The van der Waals surface area contributed by atoms with Crippen molar-refractivity contribution in [1.29, 1.82) is 0 Å². The molecule has 0 bridgehead atoms. The number of aromatic nitrogens is 6. The lowest BCUT2D eigenvalue weighted by Gasteiger charge is -2.17. The molecular formula is C16H18N6OS. The van der Waals surface area contributed by atoms with Gasteiger partial charge in [0.1, 0.15) is 4.83 Å². The maximum absolute atomic E-state index is 13.0. The molecule has 24 heavy (non-hydrogen) atoms. The molecule has 7 nitrogen and oxygen atoms in total. The van der Waals surface area contributed by atoms with Gasteiger partial charge >= 0.3 is 0 Å². The molecule has 0 aromatic carbocycles. The molecule has 0 amide bonds. The van der Waals surface area contributed by atoms with E-state index in [0.717, 1.165) is 48.1 Å². The molecule has 0 saturated heterocycles. The monoisotopic (exact) mass is 342 g/mol. The van der Waals surface area contributed by atoms with Crippen molar-refractivity contribution in [3.8, 4) is 0 Å². The highest BCUT2D eigenvalue weighted by Crippen LogP contribution is 2.36. The van der Waals surface area contributed by atoms with Crippen LogP contribution >= 0.6 is 11.3 Å². The predicted molar refractivity (Wildman–Crippen MR) is 90.3 cm³/mol. The average Bonchev–Trinajstić information content (AvgIpc) is 3.19. The fourth-order valence-corrected chi connectivity index (χ4v) is 4.89. The van der Waals surface area contributed by atoms with Crippen molar-refractivity contribution < 1.29 is 0 Å². The highest BCUT2D eigenvalue weighted by atomic mass is 32.1. The largest absolute Gasteiger partial charge is 0.291 e. The summed E-state index contributed by atoms with van der Waals surface area (Å²) in [5.41, 5.74) is 1.26. The van der Waals surface area contributed by atoms with Crippen molar-refractivity contribution in [2.75, 3.05) is 0 Å². The van der Waals surface area contributed by atoms with Crippen LogP contribution in [0.4, 0.5) is 0 Å². The molecule has 0 aliphatic heterocycles. The third kappa shape index (κ3) is 2.20. The van der Waals surface area contributed by atoms with Gasteiger partial charge in [-0.3, -0.25) is 9.36 Å². The Hall–Kier alpha value is -2.09. The quantitative estimate of drug-likeness (QED) is 0.727. The predicted octanol–water partition coefficient (Wildman–Crippen LogP) is 1.95. The topological polar surface area (TPSA) is 78.5 Å². The summed E-state index contributed by atoms with van der Waals surface area (Å²) in [7, 11) is 0. The van der Waals surface area contributed by atoms with E-state index < -0.39 is 0 Å². The number of fused-ring (bicyclic) bond motifs is 3. The molecule has 3 aromatic rings. The van der Waals surface area contributed by atoms with Crippen molar-refractivity contribution in [2.45, 2.75) is 51.6 Å². The van der Waals surface area contributed by atoms with E-state index in [4.69, 9.17) is 0 Å². The van der Waals surface area contributed by atoms with Gasteiger partial charge in [0, 0.05) is 4.88 Å². The third-order valence-corrected chi connectivity index (χ3v) is 6.21. The lowest BCUT2D eigenvalue weighted by Crippen LogP contribution is -2.23. The van der Waals surface area contributed by atoms with E-state index in [1.165, 1.54) is 10.4 Å². The molecular weight excluding hydrogens is 324 g/mol. The lowest BCUT2D eigenvalue weighted by molar-refractivity contribution is 0.509. The molecule has 3 aromatic heterocycles. The summed E-state index contributed by atoms with van der Waals surface area (Å²) in [5, 5.41) is 12.7. The minimum absolute atomic E-state index is 0.0393. The summed E-state index contributed by atoms with van der Waals surface area (Å²) in [6.45, 7) is 2.66. The summed E-state index contributed by atoms with van der Waals surface area (Å²) in [5.74, 6) is 1.43. The smallest absolute Gasteiger partial charge is 0.262 e. The normalized spacial score (nSPS) is 20.5. The van der Waals surface area contributed by atoms with Crippen LogP contribution in [0.3, 0.4) is 0 Å². The van der Waals surface area contributed by atoms with Gasteiger partial charge in [-0.2, -0.15) is 0 Å². The number of hydrogen-bond acceptors (Lipinski definition) is 6. The van der Waals surface area contributed by atoms with Crippen LogP contribution in [0, 0.1) is 5.92 Å².